The zero-order valence-electron chi connectivity index (χ0n) is 9.63. The van der Waals surface area contributed by atoms with E-state index in [0.29, 0.717) is 18.2 Å². The second kappa shape index (κ2) is 5.81. The molecule has 104 valence electrons. The minimum Gasteiger partial charge on any atom is -0.481 e. The van der Waals surface area contributed by atoms with Crippen molar-refractivity contribution in [2.24, 2.45) is 0 Å². The Morgan fingerprint density at radius 2 is 1.74 bits per heavy atom. The van der Waals surface area contributed by atoms with Crippen molar-refractivity contribution in [2.75, 3.05) is 0 Å². The lowest BCUT2D eigenvalue weighted by Gasteiger charge is -2.08. The van der Waals surface area contributed by atoms with Crippen molar-refractivity contribution in [2.45, 2.75) is 25.4 Å². The molecule has 0 radical (unpaired) electrons. The second-order valence-corrected chi connectivity index (χ2v) is 3.90. The van der Waals surface area contributed by atoms with Gasteiger partial charge in [-0.05, 0) is 24.6 Å². The number of hydrogen-bond acceptors (Lipinski definition) is 2. The third-order valence-corrected chi connectivity index (χ3v) is 2.34. The van der Waals surface area contributed by atoms with Crippen LogP contribution in [-0.2, 0) is 11.0 Å². The van der Waals surface area contributed by atoms with Crippen LogP contribution in [0.1, 0.15) is 35.2 Å². The quantitative estimate of drug-likeness (QED) is 0.664. The number of alkyl halides is 3. The average Bonchev–Trinajstić information content (AvgIpc) is 2.26. The molecule has 0 fully saturated rings. The molecule has 0 unspecified atom stereocenters. The summed E-state index contributed by atoms with van der Waals surface area (Å²) >= 11 is 0. The molecule has 0 spiro atoms. The Hall–Kier alpha value is -1.92. The van der Waals surface area contributed by atoms with E-state index in [1.165, 1.54) is 0 Å². The zero-order chi connectivity index (χ0) is 14.6. The first-order chi connectivity index (χ1) is 8.70. The number of ketones is 1. The first-order valence-electron chi connectivity index (χ1n) is 5.33. The van der Waals surface area contributed by atoms with Crippen molar-refractivity contribution >= 4 is 11.8 Å². The van der Waals surface area contributed by atoms with Crippen molar-refractivity contribution in [3.05, 3.63) is 35.1 Å². The number of carbonyl (C=O) groups is 2. The van der Waals surface area contributed by atoms with E-state index >= 15 is 0 Å². The number of benzene rings is 1. The minimum atomic E-state index is -4.74. The maximum absolute atomic E-state index is 13.0. The monoisotopic (exact) mass is 278 g/mol. The maximum atomic E-state index is 13.0. The van der Waals surface area contributed by atoms with E-state index in [1.807, 2.05) is 0 Å². The summed E-state index contributed by atoms with van der Waals surface area (Å²) in [5.41, 5.74) is -1.65. The van der Waals surface area contributed by atoms with Crippen molar-refractivity contribution in [3.63, 3.8) is 0 Å². The number of carboxylic acids is 1. The zero-order valence-corrected chi connectivity index (χ0v) is 9.63. The molecular formula is C12H10F4O3. The van der Waals surface area contributed by atoms with E-state index in [1.54, 1.807) is 0 Å². The Bertz CT molecular complexity index is 494. The number of Topliss-reactive ketones (excluding diaryl/α,β-unsaturated/α-hetero) is 1. The van der Waals surface area contributed by atoms with Crippen molar-refractivity contribution in [1.29, 1.82) is 0 Å². The van der Waals surface area contributed by atoms with Crippen molar-refractivity contribution in [1.82, 2.24) is 0 Å². The van der Waals surface area contributed by atoms with Gasteiger partial charge in [0.25, 0.3) is 0 Å². The molecule has 0 amide bonds. The van der Waals surface area contributed by atoms with Gasteiger partial charge >= 0.3 is 12.1 Å². The molecule has 1 aromatic rings. The predicted molar refractivity (Wildman–Crippen MR) is 57.2 cm³/mol. The number of aliphatic carboxylic acids is 1. The second-order valence-electron chi connectivity index (χ2n) is 3.90. The van der Waals surface area contributed by atoms with Gasteiger partial charge in [0.2, 0.25) is 0 Å². The number of carboxylic acid groups (broad SMARTS) is 1. The van der Waals surface area contributed by atoms with Crippen LogP contribution in [0.3, 0.4) is 0 Å². The van der Waals surface area contributed by atoms with Crippen molar-refractivity contribution in [3.8, 4) is 0 Å². The normalized spacial score (nSPS) is 11.4. The summed E-state index contributed by atoms with van der Waals surface area (Å²) < 4.78 is 50.3. The molecule has 3 nitrogen and oxygen atoms in total. The molecule has 7 heteroatoms. The molecule has 0 saturated heterocycles. The standard InChI is InChI=1S/C12H10F4O3/c13-9-5-7(4-8(6-9)12(14,15)16)10(17)2-1-3-11(18)19/h4-6H,1-3H2,(H,18,19). The Kier molecular flexibility index (Phi) is 4.63. The van der Waals surface area contributed by atoms with E-state index < -0.39 is 34.9 Å². The van der Waals surface area contributed by atoms with Crippen molar-refractivity contribution < 1.29 is 32.3 Å². The molecule has 1 rings (SSSR count). The summed E-state index contributed by atoms with van der Waals surface area (Å²) in [6, 6.07) is 1.57. The Morgan fingerprint density at radius 1 is 1.11 bits per heavy atom. The fourth-order valence-corrected chi connectivity index (χ4v) is 1.46. The molecule has 0 aromatic heterocycles. The molecule has 0 heterocycles. The summed E-state index contributed by atoms with van der Waals surface area (Å²) in [4.78, 5) is 21.8. The van der Waals surface area contributed by atoms with Gasteiger partial charge in [-0.15, -0.1) is 0 Å². The van der Waals surface area contributed by atoms with E-state index in [-0.39, 0.29) is 19.3 Å². The smallest absolute Gasteiger partial charge is 0.416 e. The maximum Gasteiger partial charge on any atom is 0.416 e. The van der Waals surface area contributed by atoms with E-state index in [0.717, 1.165) is 0 Å². The molecule has 19 heavy (non-hydrogen) atoms. The molecule has 0 atom stereocenters. The van der Waals surface area contributed by atoms with Gasteiger partial charge in [-0.25, -0.2) is 4.39 Å². The highest BCUT2D eigenvalue weighted by molar-refractivity contribution is 5.96. The van der Waals surface area contributed by atoms with Crippen LogP contribution in [-0.4, -0.2) is 16.9 Å². The van der Waals surface area contributed by atoms with Crippen LogP contribution in [0.15, 0.2) is 18.2 Å². The first-order valence-corrected chi connectivity index (χ1v) is 5.33. The summed E-state index contributed by atoms with van der Waals surface area (Å²) in [7, 11) is 0. The van der Waals surface area contributed by atoms with Crippen LogP contribution in [0.4, 0.5) is 17.6 Å². The average molecular weight is 278 g/mol. The summed E-state index contributed by atoms with van der Waals surface area (Å²) in [5.74, 6) is -2.98. The summed E-state index contributed by atoms with van der Waals surface area (Å²) in [6.45, 7) is 0. The Morgan fingerprint density at radius 3 is 2.26 bits per heavy atom. The number of carbonyl (C=O) groups excluding carboxylic acids is 1. The third-order valence-electron chi connectivity index (χ3n) is 2.34. The van der Waals surface area contributed by atoms with Gasteiger partial charge in [-0.3, -0.25) is 9.59 Å². The van der Waals surface area contributed by atoms with E-state index in [2.05, 4.69) is 0 Å². The number of halogens is 4. The van der Waals surface area contributed by atoms with Gasteiger partial charge in [0.1, 0.15) is 5.82 Å². The first kappa shape index (κ1) is 15.1. The fourth-order valence-electron chi connectivity index (χ4n) is 1.46. The van der Waals surface area contributed by atoms with Gasteiger partial charge in [0.05, 0.1) is 5.56 Å². The lowest BCUT2D eigenvalue weighted by Crippen LogP contribution is -2.09. The van der Waals surface area contributed by atoms with Crippen LogP contribution in [0.25, 0.3) is 0 Å². The molecule has 0 saturated carbocycles. The van der Waals surface area contributed by atoms with Crippen LogP contribution in [0.2, 0.25) is 0 Å². The van der Waals surface area contributed by atoms with E-state index in [9.17, 15) is 27.2 Å². The Labute approximate surface area is 105 Å². The topological polar surface area (TPSA) is 54.4 Å². The lowest BCUT2D eigenvalue weighted by atomic mass is 10.0. The molecule has 1 aromatic carbocycles. The van der Waals surface area contributed by atoms with E-state index in [4.69, 9.17) is 5.11 Å². The fraction of sp³-hybridized carbons (Fsp3) is 0.333. The highest BCUT2D eigenvalue weighted by atomic mass is 19.4. The van der Waals surface area contributed by atoms with Crippen LogP contribution < -0.4 is 0 Å². The van der Waals surface area contributed by atoms with Gasteiger partial charge in [0.15, 0.2) is 5.78 Å². The highest BCUT2D eigenvalue weighted by Gasteiger charge is 2.31. The minimum absolute atomic E-state index is 0.00791. The van der Waals surface area contributed by atoms with Crippen LogP contribution in [0, 0.1) is 5.82 Å². The summed E-state index contributed by atoms with van der Waals surface area (Å²) in [5, 5.41) is 8.37. The largest absolute Gasteiger partial charge is 0.481 e. The summed E-state index contributed by atoms with van der Waals surface area (Å²) in [6.07, 6.45) is -5.26. The SMILES string of the molecule is O=C(O)CCCC(=O)c1cc(F)cc(C(F)(F)F)c1. The predicted octanol–water partition coefficient (Wildman–Crippen LogP) is 3.28. The highest BCUT2D eigenvalue weighted by Crippen LogP contribution is 2.30. The third kappa shape index (κ3) is 4.69. The van der Waals surface area contributed by atoms with Gasteiger partial charge in [-0.1, -0.05) is 0 Å². The van der Waals surface area contributed by atoms with Gasteiger partial charge in [-0.2, -0.15) is 13.2 Å². The molecule has 0 bridgehead atoms. The molecule has 0 aliphatic rings. The van der Waals surface area contributed by atoms with Crippen LogP contribution >= 0.6 is 0 Å². The number of rotatable bonds is 5. The molecule has 0 aliphatic carbocycles. The van der Waals surface area contributed by atoms with Gasteiger partial charge in [0, 0.05) is 18.4 Å². The number of hydrogen-bond donors (Lipinski definition) is 1. The van der Waals surface area contributed by atoms with Gasteiger partial charge < -0.3 is 5.11 Å². The van der Waals surface area contributed by atoms with Crippen LogP contribution in [0.5, 0.6) is 0 Å². The molecule has 1 N–H and O–H groups in total. The molecular weight excluding hydrogens is 268 g/mol. The molecule has 0 aliphatic heterocycles. The Balaban J connectivity index is 2.86. The lowest BCUT2D eigenvalue weighted by molar-refractivity contribution is -0.138.